The average Bonchev–Trinajstić information content (AvgIpc) is 2.95. The molecule has 1 aliphatic rings. The Kier molecular flexibility index (Phi) is 13.0. The van der Waals surface area contributed by atoms with E-state index in [1.54, 1.807) is 7.11 Å². The second-order valence-electron chi connectivity index (χ2n) is 6.92. The van der Waals surface area contributed by atoms with E-state index in [0.29, 0.717) is 26.4 Å². The van der Waals surface area contributed by atoms with Crippen molar-refractivity contribution in [2.45, 2.75) is 45.8 Å². The van der Waals surface area contributed by atoms with Gasteiger partial charge >= 0.3 is 6.09 Å². The molecule has 1 amide bonds. The monoisotopic (exact) mass is 486 g/mol. The Morgan fingerprint density at radius 3 is 2.62 bits per heavy atom. The number of likely N-dealkylation sites (tertiary alicyclic amines) is 1. The van der Waals surface area contributed by atoms with Gasteiger partial charge in [-0.2, -0.15) is 0 Å². The van der Waals surface area contributed by atoms with E-state index < -0.39 is 5.60 Å². The molecule has 1 atom stereocenters. The first-order valence-corrected chi connectivity index (χ1v) is 8.95. The number of ether oxygens (including phenoxy) is 3. The first-order chi connectivity index (χ1) is 11.9. The topological polar surface area (TPSA) is 84.4 Å². The molecule has 1 aliphatic heterocycles. The predicted octanol–water partition coefficient (Wildman–Crippen LogP) is 1.83. The van der Waals surface area contributed by atoms with Crippen molar-refractivity contribution in [3.8, 4) is 0 Å². The molecule has 8 nitrogen and oxygen atoms in total. The maximum Gasteiger partial charge on any atom is 0.407 e. The van der Waals surface area contributed by atoms with Gasteiger partial charge in [0, 0.05) is 26.7 Å². The van der Waals surface area contributed by atoms with Crippen LogP contribution in [0.25, 0.3) is 0 Å². The minimum absolute atomic E-state index is 0. The van der Waals surface area contributed by atoms with Gasteiger partial charge in [-0.3, -0.25) is 4.99 Å². The molecule has 1 rings (SSSR count). The second-order valence-corrected chi connectivity index (χ2v) is 6.92. The lowest BCUT2D eigenvalue weighted by molar-refractivity contribution is 0.0507. The van der Waals surface area contributed by atoms with E-state index in [0.717, 1.165) is 32.0 Å². The van der Waals surface area contributed by atoms with Crippen LogP contribution >= 0.6 is 24.0 Å². The normalized spacial score (nSPS) is 17.7. The number of aliphatic imine (C=N–C) groups is 1. The minimum atomic E-state index is -0.485. The number of nitrogens with one attached hydrogen (secondary N) is 2. The smallest absolute Gasteiger partial charge is 0.407 e. The highest BCUT2D eigenvalue weighted by Crippen LogP contribution is 2.12. The van der Waals surface area contributed by atoms with Crippen molar-refractivity contribution in [2.24, 2.45) is 4.99 Å². The third-order valence-corrected chi connectivity index (χ3v) is 3.47. The van der Waals surface area contributed by atoms with E-state index >= 15 is 0 Å². The molecule has 0 bridgehead atoms. The van der Waals surface area contributed by atoms with Gasteiger partial charge in [-0.25, -0.2) is 4.79 Å². The van der Waals surface area contributed by atoms with Crippen LogP contribution in [0.15, 0.2) is 4.99 Å². The SMILES string of the molecule is CCNC(=NCCOCCOC)N1CCC(NC(=O)OC(C)(C)C)C1.I. The van der Waals surface area contributed by atoms with Crippen LogP contribution in [0, 0.1) is 0 Å². The van der Waals surface area contributed by atoms with Gasteiger partial charge in [-0.15, -0.1) is 24.0 Å². The van der Waals surface area contributed by atoms with Crippen LogP contribution in [0.4, 0.5) is 4.79 Å². The molecule has 9 heteroatoms. The Morgan fingerprint density at radius 2 is 2.00 bits per heavy atom. The van der Waals surface area contributed by atoms with E-state index in [1.165, 1.54) is 0 Å². The maximum atomic E-state index is 11.9. The number of carbonyl (C=O) groups is 1. The van der Waals surface area contributed by atoms with Crippen molar-refractivity contribution in [3.05, 3.63) is 0 Å². The summed E-state index contributed by atoms with van der Waals surface area (Å²) < 4.78 is 15.7. The van der Waals surface area contributed by atoms with Crippen LogP contribution in [-0.2, 0) is 14.2 Å². The lowest BCUT2D eigenvalue weighted by Crippen LogP contribution is -2.44. The van der Waals surface area contributed by atoms with E-state index in [-0.39, 0.29) is 36.1 Å². The number of methoxy groups -OCH3 is 1. The summed E-state index contributed by atoms with van der Waals surface area (Å²) in [6, 6.07) is 0.0664. The Morgan fingerprint density at radius 1 is 1.27 bits per heavy atom. The molecule has 0 aromatic heterocycles. The van der Waals surface area contributed by atoms with E-state index in [9.17, 15) is 4.79 Å². The number of hydrogen-bond acceptors (Lipinski definition) is 5. The van der Waals surface area contributed by atoms with Crippen LogP contribution in [0.2, 0.25) is 0 Å². The highest BCUT2D eigenvalue weighted by molar-refractivity contribution is 14.0. The summed E-state index contributed by atoms with van der Waals surface area (Å²) in [4.78, 5) is 18.6. The fraction of sp³-hybridized carbons (Fsp3) is 0.882. The van der Waals surface area contributed by atoms with Crippen LogP contribution in [0.1, 0.15) is 34.1 Å². The zero-order valence-corrected chi connectivity index (χ0v) is 19.0. The molecular weight excluding hydrogens is 451 g/mol. The Hall–Kier alpha value is -0.810. The summed E-state index contributed by atoms with van der Waals surface area (Å²) in [6.07, 6.45) is 0.501. The molecule has 26 heavy (non-hydrogen) atoms. The van der Waals surface area contributed by atoms with E-state index in [2.05, 4.69) is 20.5 Å². The molecule has 0 radical (unpaired) electrons. The molecule has 0 aromatic carbocycles. The van der Waals surface area contributed by atoms with Gasteiger partial charge in [-0.05, 0) is 34.1 Å². The van der Waals surface area contributed by atoms with Crippen LogP contribution < -0.4 is 10.6 Å². The Labute approximate surface area is 174 Å². The van der Waals surface area contributed by atoms with Crippen molar-refractivity contribution in [1.82, 2.24) is 15.5 Å². The highest BCUT2D eigenvalue weighted by Gasteiger charge is 2.27. The summed E-state index contributed by atoms with van der Waals surface area (Å²) in [5.41, 5.74) is -0.485. The molecular formula is C17H35IN4O4. The van der Waals surface area contributed by atoms with Crippen molar-refractivity contribution in [1.29, 1.82) is 0 Å². The fourth-order valence-electron chi connectivity index (χ4n) is 2.43. The zero-order chi connectivity index (χ0) is 18.7. The second kappa shape index (κ2) is 13.4. The maximum absolute atomic E-state index is 11.9. The predicted molar refractivity (Wildman–Crippen MR) is 113 cm³/mol. The van der Waals surface area contributed by atoms with Gasteiger partial charge in [0.05, 0.1) is 32.4 Å². The van der Waals surface area contributed by atoms with Gasteiger partial charge in [0.1, 0.15) is 5.60 Å². The number of amides is 1. The van der Waals surface area contributed by atoms with Gasteiger partial charge < -0.3 is 29.7 Å². The quantitative estimate of drug-likeness (QED) is 0.236. The molecule has 0 aliphatic carbocycles. The molecule has 1 fully saturated rings. The summed E-state index contributed by atoms with van der Waals surface area (Å²) in [7, 11) is 1.65. The fourth-order valence-corrected chi connectivity index (χ4v) is 2.43. The average molecular weight is 486 g/mol. The van der Waals surface area contributed by atoms with Crippen LogP contribution in [-0.4, -0.2) is 81.7 Å². The first-order valence-electron chi connectivity index (χ1n) is 8.95. The lowest BCUT2D eigenvalue weighted by atomic mass is 10.2. The number of rotatable bonds is 8. The summed E-state index contributed by atoms with van der Waals surface area (Å²) in [5, 5.41) is 6.22. The number of hydrogen-bond donors (Lipinski definition) is 2. The standard InChI is InChI=1S/C17H34N4O4.HI/c1-6-18-15(19-8-10-24-12-11-23-5)21-9-7-14(13-21)20-16(22)25-17(2,3)4;/h14H,6-13H2,1-5H3,(H,18,19)(H,20,22);1H. The molecule has 1 saturated heterocycles. The number of alkyl carbamates (subject to hydrolysis) is 1. The van der Waals surface area contributed by atoms with Crippen molar-refractivity contribution in [2.75, 3.05) is 53.1 Å². The number of carbonyl (C=O) groups excluding carboxylic acids is 1. The molecule has 154 valence electrons. The van der Waals surface area contributed by atoms with E-state index in [4.69, 9.17) is 14.2 Å². The number of guanidine groups is 1. The van der Waals surface area contributed by atoms with Crippen LogP contribution in [0.3, 0.4) is 0 Å². The summed E-state index contributed by atoms with van der Waals surface area (Å²) >= 11 is 0. The lowest BCUT2D eigenvalue weighted by Gasteiger charge is -2.23. The molecule has 0 aromatic rings. The van der Waals surface area contributed by atoms with Crippen molar-refractivity contribution in [3.63, 3.8) is 0 Å². The number of halogens is 1. The minimum Gasteiger partial charge on any atom is -0.444 e. The summed E-state index contributed by atoms with van der Waals surface area (Å²) in [6.45, 7) is 12.3. The van der Waals surface area contributed by atoms with E-state index in [1.807, 2.05) is 27.7 Å². The third kappa shape index (κ3) is 11.0. The first kappa shape index (κ1) is 25.2. The highest BCUT2D eigenvalue weighted by atomic mass is 127. The summed E-state index contributed by atoms with van der Waals surface area (Å²) in [5.74, 6) is 0.853. The van der Waals surface area contributed by atoms with Gasteiger partial charge in [-0.1, -0.05) is 0 Å². The molecule has 1 unspecified atom stereocenters. The largest absolute Gasteiger partial charge is 0.444 e. The van der Waals surface area contributed by atoms with Crippen molar-refractivity contribution < 1.29 is 19.0 Å². The third-order valence-electron chi connectivity index (χ3n) is 3.47. The van der Waals surface area contributed by atoms with Gasteiger partial charge in [0.15, 0.2) is 5.96 Å². The Balaban J connectivity index is 0.00000625. The Bertz CT molecular complexity index is 429. The molecule has 0 spiro atoms. The van der Waals surface area contributed by atoms with Gasteiger partial charge in [0.2, 0.25) is 0 Å². The van der Waals surface area contributed by atoms with Gasteiger partial charge in [0.25, 0.3) is 0 Å². The van der Waals surface area contributed by atoms with Crippen LogP contribution in [0.5, 0.6) is 0 Å². The zero-order valence-electron chi connectivity index (χ0n) is 16.7. The molecule has 2 N–H and O–H groups in total. The molecule has 1 heterocycles. The molecule has 0 saturated carbocycles. The number of nitrogens with zero attached hydrogens (tertiary/aromatic N) is 2. The van der Waals surface area contributed by atoms with Crippen molar-refractivity contribution >= 4 is 36.0 Å².